The molecule has 0 unspecified atom stereocenters. The smallest absolute Gasteiger partial charge is 0.387 e. The Bertz CT molecular complexity index is 567. The zero-order valence-electron chi connectivity index (χ0n) is 10.1. The van der Waals surface area contributed by atoms with Crippen molar-refractivity contribution >= 4 is 0 Å². The Labute approximate surface area is 108 Å². The molecule has 0 amide bonds. The van der Waals surface area contributed by atoms with Crippen molar-refractivity contribution in [2.24, 2.45) is 0 Å². The van der Waals surface area contributed by atoms with Crippen molar-refractivity contribution in [3.05, 3.63) is 30.5 Å². The highest BCUT2D eigenvalue weighted by molar-refractivity contribution is 5.68. The lowest BCUT2D eigenvalue weighted by Gasteiger charge is -2.16. The lowest BCUT2D eigenvalue weighted by atomic mass is 10.1. The van der Waals surface area contributed by atoms with E-state index in [1.807, 2.05) is 4.68 Å². The summed E-state index contributed by atoms with van der Waals surface area (Å²) in [6.07, 6.45) is 2.67. The highest BCUT2D eigenvalue weighted by Crippen LogP contribution is 2.32. The lowest BCUT2D eigenvalue weighted by Crippen LogP contribution is -2.14. The summed E-state index contributed by atoms with van der Waals surface area (Å²) in [5, 5.41) is 4.24. The van der Waals surface area contributed by atoms with Gasteiger partial charge in [-0.15, -0.1) is 0 Å². The van der Waals surface area contributed by atoms with Crippen LogP contribution in [0.2, 0.25) is 0 Å². The molecule has 3 rings (SSSR count). The summed E-state index contributed by atoms with van der Waals surface area (Å²) in [7, 11) is 0. The quantitative estimate of drug-likeness (QED) is 0.857. The average molecular weight is 266 g/mol. The van der Waals surface area contributed by atoms with Crippen molar-refractivity contribution in [1.29, 1.82) is 0 Å². The number of nitrogens with zero attached hydrogens (tertiary/aromatic N) is 2. The molecule has 0 aliphatic carbocycles. The second-order valence-electron chi connectivity index (χ2n) is 4.19. The molecule has 0 atom stereocenters. The maximum atomic E-state index is 12.1. The first-order valence-corrected chi connectivity index (χ1v) is 5.98. The molecule has 1 aromatic carbocycles. The summed E-state index contributed by atoms with van der Waals surface area (Å²) in [6.45, 7) is -1.30. The minimum Gasteiger partial charge on any atom is -0.477 e. The van der Waals surface area contributed by atoms with Gasteiger partial charge in [0.15, 0.2) is 0 Å². The van der Waals surface area contributed by atoms with Gasteiger partial charge in [0.05, 0.1) is 18.4 Å². The number of alkyl halides is 2. The molecule has 0 saturated heterocycles. The Morgan fingerprint density at radius 2 is 2.05 bits per heavy atom. The van der Waals surface area contributed by atoms with Crippen LogP contribution in [-0.2, 0) is 6.54 Å². The van der Waals surface area contributed by atoms with E-state index in [0.717, 1.165) is 30.0 Å². The number of ether oxygens (including phenoxy) is 2. The molecule has 6 heteroatoms. The fourth-order valence-corrected chi connectivity index (χ4v) is 2.08. The molecule has 100 valence electrons. The molecule has 0 N–H and O–H groups in total. The molecule has 1 aliphatic heterocycles. The maximum Gasteiger partial charge on any atom is 0.387 e. The largest absolute Gasteiger partial charge is 0.477 e. The van der Waals surface area contributed by atoms with Crippen molar-refractivity contribution in [3.8, 4) is 22.8 Å². The predicted molar refractivity (Wildman–Crippen MR) is 64.4 cm³/mol. The predicted octanol–water partition coefficient (Wildman–Crippen LogP) is 2.93. The van der Waals surface area contributed by atoms with Gasteiger partial charge in [0.1, 0.15) is 5.75 Å². The van der Waals surface area contributed by atoms with Gasteiger partial charge in [0.2, 0.25) is 5.88 Å². The van der Waals surface area contributed by atoms with Crippen LogP contribution in [0.15, 0.2) is 30.5 Å². The molecule has 0 saturated carbocycles. The van der Waals surface area contributed by atoms with E-state index in [1.165, 1.54) is 12.1 Å². The van der Waals surface area contributed by atoms with Gasteiger partial charge in [-0.05, 0) is 17.7 Å². The van der Waals surface area contributed by atoms with Gasteiger partial charge in [0.25, 0.3) is 0 Å². The Balaban J connectivity index is 1.88. The van der Waals surface area contributed by atoms with Crippen LogP contribution in [0.1, 0.15) is 6.42 Å². The minimum absolute atomic E-state index is 0.140. The molecule has 1 aliphatic rings. The molecule has 4 nitrogen and oxygen atoms in total. The standard InChI is InChI=1S/C13H12F2N2O2/c14-13(15)19-10-4-2-9(3-5-10)11-8-16-17-6-1-7-18-12(11)17/h2-5,8,13H,1,6-7H2. The minimum atomic E-state index is -2.81. The third-order valence-electron chi connectivity index (χ3n) is 2.93. The summed E-state index contributed by atoms with van der Waals surface area (Å²) in [5.41, 5.74) is 1.73. The maximum absolute atomic E-state index is 12.1. The molecule has 19 heavy (non-hydrogen) atoms. The Kier molecular flexibility index (Phi) is 3.06. The van der Waals surface area contributed by atoms with Crippen molar-refractivity contribution in [3.63, 3.8) is 0 Å². The van der Waals surface area contributed by atoms with Crippen LogP contribution in [-0.4, -0.2) is 23.0 Å². The first kappa shape index (κ1) is 12.0. The van der Waals surface area contributed by atoms with Gasteiger partial charge in [0, 0.05) is 13.0 Å². The Morgan fingerprint density at radius 3 is 2.79 bits per heavy atom. The van der Waals surface area contributed by atoms with Crippen LogP contribution in [0, 0.1) is 0 Å². The molecular weight excluding hydrogens is 254 g/mol. The second-order valence-corrected chi connectivity index (χ2v) is 4.19. The van der Waals surface area contributed by atoms with E-state index in [1.54, 1.807) is 18.3 Å². The number of fused-ring (bicyclic) bond motifs is 1. The van der Waals surface area contributed by atoms with Gasteiger partial charge in [-0.2, -0.15) is 13.9 Å². The first-order chi connectivity index (χ1) is 9.24. The van der Waals surface area contributed by atoms with Crippen LogP contribution >= 0.6 is 0 Å². The number of aryl methyl sites for hydroxylation is 1. The monoisotopic (exact) mass is 266 g/mol. The Hall–Kier alpha value is -2.11. The fourth-order valence-electron chi connectivity index (χ4n) is 2.08. The summed E-state index contributed by atoms with van der Waals surface area (Å²) in [4.78, 5) is 0. The van der Waals surface area contributed by atoms with E-state index in [2.05, 4.69) is 9.84 Å². The summed E-state index contributed by atoms with van der Waals surface area (Å²) in [6, 6.07) is 6.45. The van der Waals surface area contributed by atoms with Gasteiger partial charge in [-0.25, -0.2) is 4.68 Å². The molecule has 0 fully saturated rings. The number of halogens is 2. The molecule has 0 bridgehead atoms. The topological polar surface area (TPSA) is 36.3 Å². The van der Waals surface area contributed by atoms with Crippen LogP contribution in [0.25, 0.3) is 11.1 Å². The van der Waals surface area contributed by atoms with Crippen LogP contribution < -0.4 is 9.47 Å². The third-order valence-corrected chi connectivity index (χ3v) is 2.93. The van der Waals surface area contributed by atoms with E-state index in [9.17, 15) is 8.78 Å². The van der Waals surface area contributed by atoms with Crippen LogP contribution in [0.3, 0.4) is 0 Å². The zero-order chi connectivity index (χ0) is 13.2. The van der Waals surface area contributed by atoms with Crippen molar-refractivity contribution in [1.82, 2.24) is 9.78 Å². The SMILES string of the molecule is FC(F)Oc1ccc(-c2cnn3c2OCCC3)cc1. The van der Waals surface area contributed by atoms with Gasteiger partial charge >= 0.3 is 6.61 Å². The third kappa shape index (κ3) is 2.38. The number of aromatic nitrogens is 2. The van der Waals surface area contributed by atoms with Crippen LogP contribution in [0.5, 0.6) is 11.6 Å². The molecule has 2 aromatic rings. The highest BCUT2D eigenvalue weighted by atomic mass is 19.3. The summed E-state index contributed by atoms with van der Waals surface area (Å²) in [5.74, 6) is 0.870. The average Bonchev–Trinajstić information content (AvgIpc) is 2.83. The Morgan fingerprint density at radius 1 is 1.26 bits per heavy atom. The molecule has 0 spiro atoms. The van der Waals surface area contributed by atoms with Gasteiger partial charge < -0.3 is 9.47 Å². The fraction of sp³-hybridized carbons (Fsp3) is 0.308. The number of hydrogen-bond acceptors (Lipinski definition) is 3. The normalized spacial score (nSPS) is 14.1. The molecule has 2 heterocycles. The van der Waals surface area contributed by atoms with E-state index < -0.39 is 6.61 Å². The van der Waals surface area contributed by atoms with Crippen molar-refractivity contribution < 1.29 is 18.3 Å². The van der Waals surface area contributed by atoms with E-state index >= 15 is 0 Å². The number of benzene rings is 1. The van der Waals surface area contributed by atoms with E-state index in [-0.39, 0.29) is 5.75 Å². The molecular formula is C13H12F2N2O2. The van der Waals surface area contributed by atoms with Gasteiger partial charge in [-0.1, -0.05) is 12.1 Å². The lowest BCUT2D eigenvalue weighted by molar-refractivity contribution is -0.0498. The highest BCUT2D eigenvalue weighted by Gasteiger charge is 2.17. The van der Waals surface area contributed by atoms with Gasteiger partial charge in [-0.3, -0.25) is 0 Å². The molecule has 1 aromatic heterocycles. The summed E-state index contributed by atoms with van der Waals surface area (Å²) < 4.78 is 35.8. The second kappa shape index (κ2) is 4.87. The van der Waals surface area contributed by atoms with Crippen molar-refractivity contribution in [2.45, 2.75) is 19.6 Å². The molecule has 0 radical (unpaired) electrons. The van der Waals surface area contributed by atoms with Crippen molar-refractivity contribution in [2.75, 3.05) is 6.61 Å². The van der Waals surface area contributed by atoms with E-state index in [4.69, 9.17) is 4.74 Å². The summed E-state index contributed by atoms with van der Waals surface area (Å²) >= 11 is 0. The zero-order valence-corrected chi connectivity index (χ0v) is 10.1. The number of hydrogen-bond donors (Lipinski definition) is 0. The first-order valence-electron chi connectivity index (χ1n) is 5.98. The van der Waals surface area contributed by atoms with Crippen LogP contribution in [0.4, 0.5) is 8.78 Å². The van der Waals surface area contributed by atoms with E-state index in [0.29, 0.717) is 6.61 Å². The number of rotatable bonds is 3.